The predicted molar refractivity (Wildman–Crippen MR) is 76.3 cm³/mol. The first-order valence-corrected chi connectivity index (χ1v) is 8.61. The number of sulfonamides is 1. The zero-order valence-corrected chi connectivity index (χ0v) is 12.8. The molecule has 1 aromatic carbocycles. The predicted octanol–water partition coefficient (Wildman–Crippen LogP) is 2.15. The van der Waals surface area contributed by atoms with Crippen LogP contribution in [-0.2, 0) is 16.6 Å². The maximum absolute atomic E-state index is 14.3. The fraction of sp³-hybridized carbons (Fsp3) is 0.571. The van der Waals surface area contributed by atoms with Crippen molar-refractivity contribution in [1.82, 2.24) is 10.0 Å². The highest BCUT2D eigenvalue weighted by molar-refractivity contribution is 7.89. The average molecular weight is 318 g/mol. The third-order valence-corrected chi connectivity index (χ3v) is 4.87. The van der Waals surface area contributed by atoms with Gasteiger partial charge in [-0.25, -0.2) is 21.9 Å². The van der Waals surface area contributed by atoms with Gasteiger partial charge < -0.3 is 5.32 Å². The monoisotopic (exact) mass is 318 g/mol. The summed E-state index contributed by atoms with van der Waals surface area (Å²) in [5.74, 6) is -1.41. The highest BCUT2D eigenvalue weighted by Gasteiger charge is 2.27. The van der Waals surface area contributed by atoms with Crippen molar-refractivity contribution in [2.24, 2.45) is 5.92 Å². The van der Waals surface area contributed by atoms with E-state index < -0.39 is 26.6 Å². The van der Waals surface area contributed by atoms with E-state index in [1.165, 1.54) is 0 Å². The second kappa shape index (κ2) is 6.81. The first-order chi connectivity index (χ1) is 9.95. The van der Waals surface area contributed by atoms with Crippen LogP contribution in [0.15, 0.2) is 17.0 Å². The zero-order chi connectivity index (χ0) is 15.5. The van der Waals surface area contributed by atoms with Crippen molar-refractivity contribution in [2.75, 3.05) is 13.1 Å². The standard InChI is InChI=1S/C14H20F2N2O2S/c1-2-7-17-9-11-12(15)5-6-13(14(11)16)21(19,20)18-8-10-3-4-10/h5-6,10,17-18H,2-4,7-9H2,1H3. The summed E-state index contributed by atoms with van der Waals surface area (Å²) in [5, 5.41) is 2.88. The molecule has 0 heterocycles. The molecule has 2 rings (SSSR count). The summed E-state index contributed by atoms with van der Waals surface area (Å²) in [5.41, 5.74) is -0.238. The summed E-state index contributed by atoms with van der Waals surface area (Å²) in [6.07, 6.45) is 2.80. The van der Waals surface area contributed by atoms with Gasteiger partial charge in [0.1, 0.15) is 10.7 Å². The third kappa shape index (κ3) is 4.21. The van der Waals surface area contributed by atoms with Crippen LogP contribution in [0.3, 0.4) is 0 Å². The van der Waals surface area contributed by atoms with Gasteiger partial charge in [-0.15, -0.1) is 0 Å². The lowest BCUT2D eigenvalue weighted by molar-refractivity contribution is 0.510. The van der Waals surface area contributed by atoms with Crippen molar-refractivity contribution in [3.05, 3.63) is 29.3 Å². The molecule has 0 aliphatic heterocycles. The minimum atomic E-state index is -3.94. The van der Waals surface area contributed by atoms with Crippen molar-refractivity contribution in [3.63, 3.8) is 0 Å². The van der Waals surface area contributed by atoms with Crippen LogP contribution in [0.1, 0.15) is 31.7 Å². The Bertz CT molecular complexity index is 601. The second-order valence-corrected chi connectivity index (χ2v) is 7.05. The summed E-state index contributed by atoms with van der Waals surface area (Å²) >= 11 is 0. The minimum absolute atomic E-state index is 0.0303. The van der Waals surface area contributed by atoms with Crippen molar-refractivity contribution in [3.8, 4) is 0 Å². The molecule has 4 nitrogen and oxygen atoms in total. The first kappa shape index (κ1) is 16.3. The Hall–Kier alpha value is -1.05. The number of hydrogen-bond acceptors (Lipinski definition) is 3. The molecular weight excluding hydrogens is 298 g/mol. The van der Waals surface area contributed by atoms with E-state index in [2.05, 4.69) is 10.0 Å². The molecule has 2 N–H and O–H groups in total. The Labute approximate surface area is 124 Å². The van der Waals surface area contributed by atoms with Crippen LogP contribution in [0.25, 0.3) is 0 Å². The Balaban J connectivity index is 2.20. The van der Waals surface area contributed by atoms with Crippen molar-refractivity contribution in [2.45, 2.75) is 37.6 Å². The highest BCUT2D eigenvalue weighted by atomic mass is 32.2. The van der Waals surface area contributed by atoms with Gasteiger partial charge in [0.25, 0.3) is 0 Å². The van der Waals surface area contributed by atoms with E-state index in [1.807, 2.05) is 6.92 Å². The van der Waals surface area contributed by atoms with E-state index in [9.17, 15) is 17.2 Å². The van der Waals surface area contributed by atoms with Crippen LogP contribution in [0.2, 0.25) is 0 Å². The lowest BCUT2D eigenvalue weighted by atomic mass is 10.2. The molecular formula is C14H20F2N2O2S. The molecule has 0 atom stereocenters. The SMILES string of the molecule is CCCNCc1c(F)ccc(S(=O)(=O)NCC2CC2)c1F. The van der Waals surface area contributed by atoms with E-state index in [4.69, 9.17) is 0 Å². The maximum atomic E-state index is 14.3. The minimum Gasteiger partial charge on any atom is -0.312 e. The van der Waals surface area contributed by atoms with Crippen LogP contribution in [0, 0.1) is 17.6 Å². The Morgan fingerprint density at radius 2 is 2.00 bits per heavy atom. The smallest absolute Gasteiger partial charge is 0.243 e. The van der Waals surface area contributed by atoms with Gasteiger partial charge in [-0.3, -0.25) is 0 Å². The Morgan fingerprint density at radius 1 is 1.29 bits per heavy atom. The van der Waals surface area contributed by atoms with Gasteiger partial charge in [0, 0.05) is 18.7 Å². The molecule has 0 bridgehead atoms. The lowest BCUT2D eigenvalue weighted by Crippen LogP contribution is -2.27. The first-order valence-electron chi connectivity index (χ1n) is 7.13. The number of nitrogens with one attached hydrogen (secondary N) is 2. The molecule has 0 spiro atoms. The van der Waals surface area contributed by atoms with E-state index in [-0.39, 0.29) is 12.1 Å². The van der Waals surface area contributed by atoms with Crippen molar-refractivity contribution in [1.29, 1.82) is 0 Å². The van der Waals surface area contributed by atoms with Gasteiger partial charge in [0.05, 0.1) is 0 Å². The van der Waals surface area contributed by atoms with Gasteiger partial charge >= 0.3 is 0 Å². The number of benzene rings is 1. The molecule has 0 aromatic heterocycles. The van der Waals surface area contributed by atoms with Gasteiger partial charge in [0.15, 0.2) is 5.82 Å². The van der Waals surface area contributed by atoms with E-state index in [0.717, 1.165) is 31.4 Å². The normalized spacial score (nSPS) is 15.4. The van der Waals surface area contributed by atoms with E-state index in [1.54, 1.807) is 0 Å². The van der Waals surface area contributed by atoms with E-state index in [0.29, 0.717) is 19.0 Å². The molecule has 1 aliphatic carbocycles. The largest absolute Gasteiger partial charge is 0.312 e. The summed E-state index contributed by atoms with van der Waals surface area (Å²) in [7, 11) is -3.94. The maximum Gasteiger partial charge on any atom is 0.243 e. The molecule has 0 unspecified atom stereocenters. The molecule has 1 saturated carbocycles. The zero-order valence-electron chi connectivity index (χ0n) is 12.0. The van der Waals surface area contributed by atoms with Crippen LogP contribution in [0.5, 0.6) is 0 Å². The van der Waals surface area contributed by atoms with Crippen LogP contribution in [-0.4, -0.2) is 21.5 Å². The van der Waals surface area contributed by atoms with Gasteiger partial charge in [-0.2, -0.15) is 0 Å². The quantitative estimate of drug-likeness (QED) is 0.722. The van der Waals surface area contributed by atoms with Crippen LogP contribution >= 0.6 is 0 Å². The third-order valence-electron chi connectivity index (χ3n) is 3.43. The molecule has 0 radical (unpaired) electrons. The molecule has 0 saturated heterocycles. The lowest BCUT2D eigenvalue weighted by Gasteiger charge is -2.11. The van der Waals surface area contributed by atoms with Gasteiger partial charge in [0.2, 0.25) is 10.0 Å². The van der Waals surface area contributed by atoms with Gasteiger partial charge in [-0.05, 0) is 43.9 Å². The van der Waals surface area contributed by atoms with Gasteiger partial charge in [-0.1, -0.05) is 6.92 Å². The number of halogens is 2. The van der Waals surface area contributed by atoms with Crippen molar-refractivity contribution >= 4 is 10.0 Å². The summed E-state index contributed by atoms with van der Waals surface area (Å²) in [6, 6.07) is 1.97. The number of hydrogen-bond donors (Lipinski definition) is 2. The van der Waals surface area contributed by atoms with E-state index >= 15 is 0 Å². The molecule has 118 valence electrons. The second-order valence-electron chi connectivity index (χ2n) is 5.31. The molecule has 1 fully saturated rings. The molecule has 0 amide bonds. The molecule has 21 heavy (non-hydrogen) atoms. The van der Waals surface area contributed by atoms with Crippen LogP contribution < -0.4 is 10.0 Å². The molecule has 7 heteroatoms. The fourth-order valence-electron chi connectivity index (χ4n) is 1.96. The highest BCUT2D eigenvalue weighted by Crippen LogP contribution is 2.28. The molecule has 1 aliphatic rings. The summed E-state index contributed by atoms with van der Waals surface area (Å²) in [4.78, 5) is -0.488. The number of rotatable bonds is 8. The topological polar surface area (TPSA) is 58.2 Å². The van der Waals surface area contributed by atoms with Crippen molar-refractivity contribution < 1.29 is 17.2 Å². The Kier molecular flexibility index (Phi) is 5.29. The molecule has 1 aromatic rings. The Morgan fingerprint density at radius 3 is 2.62 bits per heavy atom. The van der Waals surface area contributed by atoms with Crippen LogP contribution in [0.4, 0.5) is 8.78 Å². The average Bonchev–Trinajstić information content (AvgIpc) is 3.24. The summed E-state index contributed by atoms with van der Waals surface area (Å²) in [6.45, 7) is 2.82. The fourth-order valence-corrected chi connectivity index (χ4v) is 3.18. The summed E-state index contributed by atoms with van der Waals surface area (Å²) < 4.78 is 54.5.